The molecule has 20 heavy (non-hydrogen) atoms. The molecule has 6 nitrogen and oxygen atoms in total. The minimum absolute atomic E-state index is 0.245. The molecule has 0 fully saturated rings. The van der Waals surface area contributed by atoms with E-state index in [-0.39, 0.29) is 6.79 Å². The Hall–Kier alpha value is -2.21. The van der Waals surface area contributed by atoms with Crippen LogP contribution in [0.15, 0.2) is 22.7 Å². The molecule has 0 radical (unpaired) electrons. The quantitative estimate of drug-likeness (QED) is 0.843. The van der Waals surface area contributed by atoms with Crippen molar-refractivity contribution in [1.82, 2.24) is 5.16 Å². The van der Waals surface area contributed by atoms with Gasteiger partial charge in [0.05, 0.1) is 12.2 Å². The summed E-state index contributed by atoms with van der Waals surface area (Å²) in [5, 5.41) is 3.84. The van der Waals surface area contributed by atoms with E-state index in [1.807, 2.05) is 25.1 Å². The van der Waals surface area contributed by atoms with Crippen LogP contribution in [-0.2, 0) is 11.2 Å². The molecule has 1 aliphatic heterocycles. The van der Waals surface area contributed by atoms with Gasteiger partial charge in [-0.15, -0.1) is 0 Å². The van der Waals surface area contributed by atoms with Crippen LogP contribution in [0.5, 0.6) is 11.5 Å². The maximum Gasteiger partial charge on any atom is 0.231 e. The van der Waals surface area contributed by atoms with Crippen LogP contribution in [0.4, 0.5) is 5.82 Å². The first-order valence-electron chi connectivity index (χ1n) is 6.51. The summed E-state index contributed by atoms with van der Waals surface area (Å²) in [5.74, 6) is 2.53. The van der Waals surface area contributed by atoms with E-state index in [1.165, 1.54) is 0 Å². The number of hydrogen-bond acceptors (Lipinski definition) is 6. The number of benzene rings is 1. The van der Waals surface area contributed by atoms with Crippen molar-refractivity contribution in [1.29, 1.82) is 0 Å². The summed E-state index contributed by atoms with van der Waals surface area (Å²) in [6.45, 7) is 3.44. The Morgan fingerprint density at radius 3 is 3.00 bits per heavy atom. The summed E-state index contributed by atoms with van der Waals surface area (Å²) in [4.78, 5) is 0. The van der Waals surface area contributed by atoms with Crippen molar-refractivity contribution in [3.63, 3.8) is 0 Å². The normalized spacial score (nSPS) is 12.8. The summed E-state index contributed by atoms with van der Waals surface area (Å²) >= 11 is 0. The van der Waals surface area contributed by atoms with Crippen LogP contribution in [-0.4, -0.2) is 25.2 Å². The highest BCUT2D eigenvalue weighted by atomic mass is 16.7. The Bertz CT molecular complexity index is 609. The van der Waals surface area contributed by atoms with Crippen LogP contribution in [0.1, 0.15) is 12.7 Å². The van der Waals surface area contributed by atoms with E-state index in [2.05, 4.69) is 5.16 Å². The number of nitrogens with two attached hydrogens (primary N) is 1. The Kier molecular flexibility index (Phi) is 3.47. The number of hydrogen-bond donors (Lipinski definition) is 1. The summed E-state index contributed by atoms with van der Waals surface area (Å²) in [7, 11) is 0. The SMILES string of the molecule is CCOCCc1onc(N)c1-c1ccc2c(c1)OCO2. The van der Waals surface area contributed by atoms with Gasteiger partial charge in [0.15, 0.2) is 17.3 Å². The highest BCUT2D eigenvalue weighted by molar-refractivity contribution is 5.77. The predicted octanol–water partition coefficient (Wildman–Crippen LogP) is 2.23. The first kappa shape index (κ1) is 12.8. The van der Waals surface area contributed by atoms with Gasteiger partial charge in [0.25, 0.3) is 0 Å². The third-order valence-corrected chi connectivity index (χ3v) is 3.13. The zero-order chi connectivity index (χ0) is 13.9. The first-order valence-corrected chi connectivity index (χ1v) is 6.51. The fourth-order valence-corrected chi connectivity index (χ4v) is 2.18. The van der Waals surface area contributed by atoms with Crippen molar-refractivity contribution in [3.05, 3.63) is 24.0 Å². The highest BCUT2D eigenvalue weighted by Gasteiger charge is 2.19. The fourth-order valence-electron chi connectivity index (χ4n) is 2.18. The summed E-state index contributed by atoms with van der Waals surface area (Å²) in [6.07, 6.45) is 0.627. The lowest BCUT2D eigenvalue weighted by molar-refractivity contribution is 0.145. The molecular formula is C14H16N2O4. The van der Waals surface area contributed by atoms with E-state index in [1.54, 1.807) is 0 Å². The minimum Gasteiger partial charge on any atom is -0.454 e. The molecule has 6 heteroatoms. The Morgan fingerprint density at radius 2 is 2.15 bits per heavy atom. The molecular weight excluding hydrogens is 260 g/mol. The zero-order valence-corrected chi connectivity index (χ0v) is 11.2. The second kappa shape index (κ2) is 5.42. The van der Waals surface area contributed by atoms with E-state index in [0.717, 1.165) is 22.6 Å². The van der Waals surface area contributed by atoms with Gasteiger partial charge in [-0.2, -0.15) is 0 Å². The average molecular weight is 276 g/mol. The smallest absolute Gasteiger partial charge is 0.231 e. The number of ether oxygens (including phenoxy) is 3. The monoisotopic (exact) mass is 276 g/mol. The van der Waals surface area contributed by atoms with Crippen molar-refractivity contribution in [3.8, 4) is 22.6 Å². The molecule has 0 amide bonds. The maximum absolute atomic E-state index is 5.91. The van der Waals surface area contributed by atoms with Crippen LogP contribution >= 0.6 is 0 Å². The Labute approximate surface area is 116 Å². The van der Waals surface area contributed by atoms with Crippen molar-refractivity contribution in [2.45, 2.75) is 13.3 Å². The fraction of sp³-hybridized carbons (Fsp3) is 0.357. The average Bonchev–Trinajstić information content (AvgIpc) is 3.05. The van der Waals surface area contributed by atoms with Gasteiger partial charge in [-0.05, 0) is 24.6 Å². The van der Waals surface area contributed by atoms with E-state index >= 15 is 0 Å². The van der Waals surface area contributed by atoms with Crippen molar-refractivity contribution in [2.75, 3.05) is 25.7 Å². The van der Waals surface area contributed by atoms with Gasteiger partial charge in [0, 0.05) is 13.0 Å². The minimum atomic E-state index is 0.245. The number of nitrogen functional groups attached to an aromatic ring is 1. The van der Waals surface area contributed by atoms with Crippen molar-refractivity contribution in [2.24, 2.45) is 0 Å². The summed E-state index contributed by atoms with van der Waals surface area (Å²) in [6, 6.07) is 5.66. The molecule has 1 aliphatic rings. The molecule has 2 aromatic rings. The molecule has 106 valence electrons. The predicted molar refractivity (Wildman–Crippen MR) is 72.7 cm³/mol. The third kappa shape index (κ3) is 2.30. The topological polar surface area (TPSA) is 79.7 Å². The van der Waals surface area contributed by atoms with Gasteiger partial charge in [-0.3, -0.25) is 0 Å². The van der Waals surface area contributed by atoms with Gasteiger partial charge >= 0.3 is 0 Å². The van der Waals surface area contributed by atoms with Gasteiger partial charge in [-0.25, -0.2) is 0 Å². The highest BCUT2D eigenvalue weighted by Crippen LogP contribution is 2.38. The van der Waals surface area contributed by atoms with Crippen LogP contribution in [0.25, 0.3) is 11.1 Å². The first-order chi connectivity index (χ1) is 9.79. The number of aromatic nitrogens is 1. The van der Waals surface area contributed by atoms with Gasteiger partial charge in [0.1, 0.15) is 5.76 Å². The summed E-state index contributed by atoms with van der Waals surface area (Å²) in [5.41, 5.74) is 7.60. The number of anilines is 1. The molecule has 0 aliphatic carbocycles. The van der Waals surface area contributed by atoms with Crippen molar-refractivity contribution < 1.29 is 18.7 Å². The van der Waals surface area contributed by atoms with E-state index in [4.69, 9.17) is 24.5 Å². The molecule has 2 N–H and O–H groups in total. The Morgan fingerprint density at radius 1 is 1.30 bits per heavy atom. The van der Waals surface area contributed by atoms with Crippen LogP contribution in [0.3, 0.4) is 0 Å². The lowest BCUT2D eigenvalue weighted by Crippen LogP contribution is -1.98. The summed E-state index contributed by atoms with van der Waals surface area (Å²) < 4.78 is 21.3. The number of fused-ring (bicyclic) bond motifs is 1. The van der Waals surface area contributed by atoms with Crippen LogP contribution in [0.2, 0.25) is 0 Å². The number of rotatable bonds is 5. The molecule has 0 saturated carbocycles. The molecule has 0 saturated heterocycles. The van der Waals surface area contributed by atoms with Crippen molar-refractivity contribution >= 4 is 5.82 Å². The van der Waals surface area contributed by atoms with E-state index in [9.17, 15) is 0 Å². The van der Waals surface area contributed by atoms with Crippen LogP contribution in [0, 0.1) is 0 Å². The zero-order valence-electron chi connectivity index (χ0n) is 11.2. The molecule has 1 aromatic carbocycles. The third-order valence-electron chi connectivity index (χ3n) is 3.13. The van der Waals surface area contributed by atoms with Gasteiger partial charge < -0.3 is 24.5 Å². The molecule has 2 heterocycles. The maximum atomic E-state index is 5.91. The molecule has 0 unspecified atom stereocenters. The largest absolute Gasteiger partial charge is 0.454 e. The molecule has 0 atom stereocenters. The lowest BCUT2D eigenvalue weighted by atomic mass is 10.0. The second-order valence-corrected chi connectivity index (χ2v) is 4.38. The van der Waals surface area contributed by atoms with E-state index < -0.39 is 0 Å². The number of nitrogens with zero attached hydrogens (tertiary/aromatic N) is 1. The standard InChI is InChI=1S/C14H16N2O4/c1-2-17-6-5-11-13(14(15)16-20-11)9-3-4-10-12(7-9)19-8-18-10/h3-4,7H,2,5-6,8H2,1H3,(H2,15,16). The second-order valence-electron chi connectivity index (χ2n) is 4.38. The van der Waals surface area contributed by atoms with Gasteiger partial charge in [0.2, 0.25) is 6.79 Å². The molecule has 0 spiro atoms. The van der Waals surface area contributed by atoms with E-state index in [0.29, 0.717) is 31.2 Å². The molecule has 3 rings (SSSR count). The van der Waals surface area contributed by atoms with Crippen LogP contribution < -0.4 is 15.2 Å². The lowest BCUT2D eigenvalue weighted by Gasteiger charge is -2.04. The van der Waals surface area contributed by atoms with Gasteiger partial charge in [-0.1, -0.05) is 11.2 Å². The molecule has 0 bridgehead atoms. The Balaban J connectivity index is 1.91. The molecule has 1 aromatic heterocycles.